The molecule has 176 valence electrons. The minimum Gasteiger partial charge on any atom is -0.492 e. The third-order valence-electron chi connectivity index (χ3n) is 4.83. The minimum atomic E-state index is -3.83. The Balaban J connectivity index is 1.53. The molecule has 0 atom stereocenters. The van der Waals surface area contributed by atoms with E-state index in [1.165, 1.54) is 18.2 Å². The summed E-state index contributed by atoms with van der Waals surface area (Å²) in [6, 6.07) is 15.1. The highest BCUT2D eigenvalue weighted by atomic mass is 35.5. The van der Waals surface area contributed by atoms with Gasteiger partial charge in [0.2, 0.25) is 10.0 Å². The molecule has 0 spiro atoms. The van der Waals surface area contributed by atoms with E-state index in [2.05, 4.69) is 15.1 Å². The van der Waals surface area contributed by atoms with Crippen LogP contribution in [-0.4, -0.2) is 43.8 Å². The Hall–Kier alpha value is -2.88. The van der Waals surface area contributed by atoms with Crippen molar-refractivity contribution in [3.63, 3.8) is 0 Å². The fourth-order valence-corrected chi connectivity index (χ4v) is 4.46. The minimum absolute atomic E-state index is 0.0422. The first-order chi connectivity index (χ1) is 15.8. The van der Waals surface area contributed by atoms with Gasteiger partial charge in [0.15, 0.2) is 0 Å². The molecule has 0 unspecified atom stereocenters. The van der Waals surface area contributed by atoms with E-state index in [0.29, 0.717) is 25.3 Å². The first-order valence-electron chi connectivity index (χ1n) is 10.5. The molecule has 1 aromatic heterocycles. The average molecular weight is 491 g/mol. The maximum absolute atomic E-state index is 12.6. The third-order valence-corrected chi connectivity index (χ3v) is 6.62. The van der Waals surface area contributed by atoms with Crippen molar-refractivity contribution in [2.45, 2.75) is 31.7 Å². The van der Waals surface area contributed by atoms with Gasteiger partial charge in [-0.15, -0.1) is 0 Å². The van der Waals surface area contributed by atoms with E-state index in [9.17, 15) is 13.2 Å². The molecule has 8 nitrogen and oxygen atoms in total. The molecule has 0 radical (unpaired) electrons. The maximum Gasteiger partial charge on any atom is 0.252 e. The molecule has 3 rings (SSSR count). The van der Waals surface area contributed by atoms with Crippen LogP contribution in [-0.2, 0) is 16.6 Å². The average Bonchev–Trinajstić information content (AvgIpc) is 3.11. The Morgan fingerprint density at radius 3 is 2.55 bits per heavy atom. The van der Waals surface area contributed by atoms with Crippen LogP contribution in [0, 0.1) is 13.8 Å². The highest BCUT2D eigenvalue weighted by Gasteiger charge is 2.18. The van der Waals surface area contributed by atoms with Gasteiger partial charge in [-0.1, -0.05) is 29.8 Å². The van der Waals surface area contributed by atoms with Crippen LogP contribution in [0.3, 0.4) is 0 Å². The summed E-state index contributed by atoms with van der Waals surface area (Å²) >= 11 is 6.16. The highest BCUT2D eigenvalue weighted by Crippen LogP contribution is 2.20. The Bertz CT molecular complexity index is 1200. The molecule has 0 aliphatic heterocycles. The number of nitrogens with one attached hydrogen (secondary N) is 2. The van der Waals surface area contributed by atoms with Crippen LogP contribution in [0.25, 0.3) is 0 Å². The Labute approximate surface area is 199 Å². The zero-order chi connectivity index (χ0) is 23.8. The second-order valence-corrected chi connectivity index (χ2v) is 9.63. The molecule has 0 aliphatic rings. The van der Waals surface area contributed by atoms with Gasteiger partial charge in [0, 0.05) is 25.3 Å². The third kappa shape index (κ3) is 7.05. The number of rotatable bonds is 11. The van der Waals surface area contributed by atoms with E-state index in [1.807, 2.05) is 42.8 Å². The van der Waals surface area contributed by atoms with Crippen molar-refractivity contribution < 1.29 is 17.9 Å². The second-order valence-electron chi connectivity index (χ2n) is 7.46. The number of ether oxygens (including phenoxy) is 1. The molecule has 1 amide bonds. The van der Waals surface area contributed by atoms with Crippen molar-refractivity contribution in [3.05, 3.63) is 76.6 Å². The fraction of sp³-hybridized carbons (Fsp3) is 0.304. The summed E-state index contributed by atoms with van der Waals surface area (Å²) in [5.41, 5.74) is 2.11. The summed E-state index contributed by atoms with van der Waals surface area (Å²) < 4.78 is 35.1. The van der Waals surface area contributed by atoms with Gasteiger partial charge >= 0.3 is 0 Å². The van der Waals surface area contributed by atoms with Gasteiger partial charge in [-0.05, 0) is 56.7 Å². The smallest absolute Gasteiger partial charge is 0.252 e. The second kappa shape index (κ2) is 11.3. The van der Waals surface area contributed by atoms with E-state index in [4.69, 9.17) is 16.3 Å². The number of aryl methyl sites for hydroxylation is 3. The molecule has 0 fully saturated rings. The number of aromatic nitrogens is 2. The summed E-state index contributed by atoms with van der Waals surface area (Å²) in [6.45, 7) is 5.22. The zero-order valence-electron chi connectivity index (χ0n) is 18.5. The van der Waals surface area contributed by atoms with Crippen LogP contribution in [0.1, 0.15) is 28.2 Å². The van der Waals surface area contributed by atoms with Crippen molar-refractivity contribution in [2.24, 2.45) is 0 Å². The lowest BCUT2D eigenvalue weighted by atomic mass is 10.2. The van der Waals surface area contributed by atoms with Gasteiger partial charge in [0.1, 0.15) is 12.4 Å². The fourth-order valence-electron chi connectivity index (χ4n) is 3.22. The Morgan fingerprint density at radius 1 is 1.09 bits per heavy atom. The Morgan fingerprint density at radius 2 is 1.85 bits per heavy atom. The molecule has 3 aromatic rings. The SMILES string of the molecule is Cc1cc(C)n(CCCNC(=O)c2cc(S(=O)(=O)NCCOc3ccccc3)ccc2Cl)n1. The van der Waals surface area contributed by atoms with E-state index in [1.54, 1.807) is 12.1 Å². The van der Waals surface area contributed by atoms with Crippen LogP contribution in [0.15, 0.2) is 59.5 Å². The quantitative estimate of drug-likeness (QED) is 0.401. The maximum atomic E-state index is 12.6. The molecule has 2 N–H and O–H groups in total. The zero-order valence-corrected chi connectivity index (χ0v) is 20.1. The van der Waals surface area contributed by atoms with Crippen LogP contribution in [0.5, 0.6) is 5.75 Å². The van der Waals surface area contributed by atoms with Gasteiger partial charge in [0.05, 0.1) is 21.2 Å². The van der Waals surface area contributed by atoms with Gasteiger partial charge in [-0.3, -0.25) is 9.48 Å². The van der Waals surface area contributed by atoms with Gasteiger partial charge in [-0.25, -0.2) is 13.1 Å². The molecular formula is C23H27ClN4O4S. The molecule has 0 bridgehead atoms. The topological polar surface area (TPSA) is 102 Å². The van der Waals surface area contributed by atoms with E-state index < -0.39 is 15.9 Å². The van der Waals surface area contributed by atoms with Crippen LogP contribution in [0.2, 0.25) is 5.02 Å². The molecule has 0 saturated carbocycles. The lowest BCUT2D eigenvalue weighted by molar-refractivity contribution is 0.0952. The highest BCUT2D eigenvalue weighted by molar-refractivity contribution is 7.89. The lowest BCUT2D eigenvalue weighted by Crippen LogP contribution is -2.29. The number of hydrogen-bond donors (Lipinski definition) is 2. The van der Waals surface area contributed by atoms with Crippen molar-refractivity contribution in [3.8, 4) is 5.75 Å². The number of carbonyl (C=O) groups is 1. The summed E-state index contributed by atoms with van der Waals surface area (Å²) in [4.78, 5) is 12.5. The number of para-hydroxylation sites is 1. The molecule has 33 heavy (non-hydrogen) atoms. The summed E-state index contributed by atoms with van der Waals surface area (Å²) in [6.07, 6.45) is 0.673. The largest absolute Gasteiger partial charge is 0.492 e. The summed E-state index contributed by atoms with van der Waals surface area (Å²) in [7, 11) is -3.83. The van der Waals surface area contributed by atoms with Crippen molar-refractivity contribution in [2.75, 3.05) is 19.7 Å². The van der Waals surface area contributed by atoms with Crippen LogP contribution < -0.4 is 14.8 Å². The lowest BCUT2D eigenvalue weighted by Gasteiger charge is -2.11. The number of hydrogen-bond acceptors (Lipinski definition) is 5. The number of sulfonamides is 1. The predicted octanol–water partition coefficient (Wildman–Crippen LogP) is 3.33. The van der Waals surface area contributed by atoms with Crippen LogP contribution in [0.4, 0.5) is 0 Å². The number of carbonyl (C=O) groups excluding carboxylic acids is 1. The van der Waals surface area contributed by atoms with E-state index >= 15 is 0 Å². The normalized spacial score (nSPS) is 11.4. The first kappa shape index (κ1) is 24.8. The number of benzene rings is 2. The monoisotopic (exact) mass is 490 g/mol. The van der Waals surface area contributed by atoms with Gasteiger partial charge in [-0.2, -0.15) is 5.10 Å². The Kier molecular flexibility index (Phi) is 8.49. The number of nitrogens with zero attached hydrogens (tertiary/aromatic N) is 2. The van der Waals surface area contributed by atoms with Crippen molar-refractivity contribution in [1.82, 2.24) is 19.8 Å². The van der Waals surface area contributed by atoms with Gasteiger partial charge in [0.25, 0.3) is 5.91 Å². The molecular weight excluding hydrogens is 464 g/mol. The van der Waals surface area contributed by atoms with E-state index in [-0.39, 0.29) is 28.6 Å². The summed E-state index contributed by atoms with van der Waals surface area (Å²) in [5, 5.41) is 7.35. The standard InChI is InChI=1S/C23H27ClN4O4S/c1-17-15-18(2)28(27-17)13-6-11-25-23(29)21-16-20(9-10-22(21)24)33(30,31)26-12-14-32-19-7-4-3-5-8-19/h3-5,7-10,15-16,26H,6,11-14H2,1-2H3,(H,25,29). The molecule has 2 aromatic carbocycles. The predicted molar refractivity (Wildman–Crippen MR) is 127 cm³/mol. The molecule has 0 saturated heterocycles. The first-order valence-corrected chi connectivity index (χ1v) is 12.4. The van der Waals surface area contributed by atoms with Crippen molar-refractivity contribution >= 4 is 27.5 Å². The molecule has 1 heterocycles. The van der Waals surface area contributed by atoms with Crippen LogP contribution >= 0.6 is 11.6 Å². The molecule has 10 heteroatoms. The van der Waals surface area contributed by atoms with E-state index in [0.717, 1.165) is 11.4 Å². The van der Waals surface area contributed by atoms with Crippen molar-refractivity contribution in [1.29, 1.82) is 0 Å². The summed E-state index contributed by atoms with van der Waals surface area (Å²) in [5.74, 6) is 0.220. The number of amides is 1. The van der Waals surface area contributed by atoms with Gasteiger partial charge < -0.3 is 10.1 Å². The molecule has 0 aliphatic carbocycles. The number of halogens is 1.